The van der Waals surface area contributed by atoms with Crippen LogP contribution in [-0.2, 0) is 7.05 Å². The Morgan fingerprint density at radius 3 is 2.76 bits per heavy atom. The number of amides is 1. The zero-order valence-electron chi connectivity index (χ0n) is 10.8. The number of rotatable bonds is 4. The number of halogens is 3. The summed E-state index contributed by atoms with van der Waals surface area (Å²) in [6, 6.07) is 3.89. The van der Waals surface area contributed by atoms with E-state index in [0.29, 0.717) is 5.69 Å². The molecule has 0 spiro atoms. The van der Waals surface area contributed by atoms with E-state index in [0.717, 1.165) is 0 Å². The molecular weight excluding hydrogens is 306 g/mol. The van der Waals surface area contributed by atoms with Crippen LogP contribution in [-0.4, -0.2) is 22.3 Å². The summed E-state index contributed by atoms with van der Waals surface area (Å²) in [5, 5.41) is 6.37. The predicted molar refractivity (Wildman–Crippen MR) is 73.7 cm³/mol. The van der Waals surface area contributed by atoms with Gasteiger partial charge < -0.3 is 15.8 Å². The number of hydrogen-bond acceptors (Lipinski definition) is 4. The first kappa shape index (κ1) is 15.0. The lowest BCUT2D eigenvalue weighted by molar-refractivity contribution is -0.0497. The topological polar surface area (TPSA) is 82.2 Å². The number of anilines is 2. The summed E-state index contributed by atoms with van der Waals surface area (Å²) in [5.74, 6) is -0.714. The molecule has 3 N–H and O–H groups in total. The SMILES string of the molecule is Cn1cc(N)c(C(=O)Nc2ccc(OC(F)F)c(Cl)c2)n1. The van der Waals surface area contributed by atoms with Crippen molar-refractivity contribution in [1.82, 2.24) is 9.78 Å². The van der Waals surface area contributed by atoms with Crippen LogP contribution in [0.2, 0.25) is 5.02 Å². The largest absolute Gasteiger partial charge is 0.433 e. The highest BCUT2D eigenvalue weighted by atomic mass is 35.5. The van der Waals surface area contributed by atoms with Crippen molar-refractivity contribution in [3.05, 3.63) is 35.1 Å². The van der Waals surface area contributed by atoms with Gasteiger partial charge in [-0.3, -0.25) is 9.48 Å². The minimum Gasteiger partial charge on any atom is -0.433 e. The van der Waals surface area contributed by atoms with E-state index in [9.17, 15) is 13.6 Å². The van der Waals surface area contributed by atoms with E-state index < -0.39 is 12.5 Å². The maximum atomic E-state index is 12.1. The van der Waals surface area contributed by atoms with Crippen LogP contribution in [0.1, 0.15) is 10.5 Å². The molecule has 2 rings (SSSR count). The van der Waals surface area contributed by atoms with Crippen LogP contribution < -0.4 is 15.8 Å². The van der Waals surface area contributed by atoms with Crippen LogP contribution in [0.3, 0.4) is 0 Å². The molecule has 0 saturated heterocycles. The lowest BCUT2D eigenvalue weighted by Gasteiger charge is -2.09. The summed E-state index contributed by atoms with van der Waals surface area (Å²) in [7, 11) is 1.63. The normalized spacial score (nSPS) is 10.7. The van der Waals surface area contributed by atoms with Crippen molar-refractivity contribution < 1.29 is 18.3 Å². The molecule has 6 nitrogen and oxygen atoms in total. The van der Waals surface area contributed by atoms with Crippen LogP contribution >= 0.6 is 11.6 Å². The first-order chi connectivity index (χ1) is 9.86. The van der Waals surface area contributed by atoms with E-state index in [1.165, 1.54) is 29.1 Å². The van der Waals surface area contributed by atoms with Crippen LogP contribution in [0.15, 0.2) is 24.4 Å². The minimum atomic E-state index is -2.98. The molecule has 0 bridgehead atoms. The van der Waals surface area contributed by atoms with Crippen molar-refractivity contribution in [1.29, 1.82) is 0 Å². The Morgan fingerprint density at radius 1 is 1.52 bits per heavy atom. The molecule has 0 radical (unpaired) electrons. The third kappa shape index (κ3) is 3.60. The minimum absolute atomic E-state index is 0.0536. The maximum absolute atomic E-state index is 12.1. The number of aromatic nitrogens is 2. The van der Waals surface area contributed by atoms with Gasteiger partial charge in [-0.2, -0.15) is 13.9 Å². The summed E-state index contributed by atoms with van der Waals surface area (Å²) >= 11 is 5.78. The number of carbonyl (C=O) groups excluding carboxylic acids is 1. The second kappa shape index (κ2) is 5.96. The van der Waals surface area contributed by atoms with Gasteiger partial charge in [-0.25, -0.2) is 0 Å². The number of carbonyl (C=O) groups is 1. The van der Waals surface area contributed by atoms with Crippen molar-refractivity contribution in [2.24, 2.45) is 7.05 Å². The zero-order chi connectivity index (χ0) is 15.6. The van der Waals surface area contributed by atoms with Gasteiger partial charge in [0.1, 0.15) is 5.75 Å². The zero-order valence-corrected chi connectivity index (χ0v) is 11.6. The average Bonchev–Trinajstić information content (AvgIpc) is 2.71. The molecule has 0 aliphatic carbocycles. The molecule has 9 heteroatoms. The van der Waals surface area contributed by atoms with Gasteiger partial charge in [-0.1, -0.05) is 11.6 Å². The summed E-state index contributed by atoms with van der Waals surface area (Å²) in [6.45, 7) is -2.98. The van der Waals surface area contributed by atoms with Gasteiger partial charge in [0, 0.05) is 18.9 Å². The number of hydrogen-bond donors (Lipinski definition) is 2. The molecule has 1 amide bonds. The monoisotopic (exact) mass is 316 g/mol. The Morgan fingerprint density at radius 2 is 2.24 bits per heavy atom. The second-order valence-corrected chi connectivity index (χ2v) is 4.49. The molecule has 0 atom stereocenters. The number of nitrogens with one attached hydrogen (secondary N) is 1. The van der Waals surface area contributed by atoms with Crippen LogP contribution in [0, 0.1) is 0 Å². The third-order valence-corrected chi connectivity index (χ3v) is 2.77. The summed E-state index contributed by atoms with van der Waals surface area (Å²) in [4.78, 5) is 12.0. The smallest absolute Gasteiger partial charge is 0.387 e. The Balaban J connectivity index is 2.15. The predicted octanol–water partition coefficient (Wildman–Crippen LogP) is 2.51. The summed E-state index contributed by atoms with van der Waals surface area (Å²) < 4.78 is 29.8. The fourth-order valence-corrected chi connectivity index (χ4v) is 1.87. The van der Waals surface area contributed by atoms with Crippen molar-refractivity contribution in [2.75, 3.05) is 11.1 Å². The van der Waals surface area contributed by atoms with Gasteiger partial charge in [0.25, 0.3) is 5.91 Å². The first-order valence-corrected chi connectivity index (χ1v) is 6.09. The molecule has 1 aromatic heterocycles. The van der Waals surface area contributed by atoms with Crippen LogP contribution in [0.5, 0.6) is 5.75 Å². The molecule has 0 saturated carbocycles. The molecule has 0 aliphatic rings. The van der Waals surface area contributed by atoms with Crippen molar-refractivity contribution in [3.8, 4) is 5.75 Å². The molecule has 0 unspecified atom stereocenters. The molecule has 21 heavy (non-hydrogen) atoms. The van der Waals surface area contributed by atoms with E-state index in [1.54, 1.807) is 7.05 Å². The Bertz CT molecular complexity index is 675. The molecule has 1 aromatic carbocycles. The molecule has 2 aromatic rings. The van der Waals surface area contributed by atoms with Gasteiger partial charge >= 0.3 is 6.61 Å². The van der Waals surface area contributed by atoms with Crippen molar-refractivity contribution in [3.63, 3.8) is 0 Å². The molecular formula is C12H11ClF2N4O2. The van der Waals surface area contributed by atoms with E-state index in [4.69, 9.17) is 17.3 Å². The lowest BCUT2D eigenvalue weighted by Crippen LogP contribution is -2.14. The van der Waals surface area contributed by atoms with Gasteiger partial charge in [-0.05, 0) is 18.2 Å². The third-order valence-electron chi connectivity index (χ3n) is 2.48. The van der Waals surface area contributed by atoms with Crippen LogP contribution in [0.4, 0.5) is 20.2 Å². The summed E-state index contributed by atoms with van der Waals surface area (Å²) in [5.41, 5.74) is 6.21. The lowest BCUT2D eigenvalue weighted by atomic mass is 10.3. The van der Waals surface area contributed by atoms with E-state index >= 15 is 0 Å². The number of nitrogens with two attached hydrogens (primary N) is 1. The Labute approximate surface area is 123 Å². The molecule has 112 valence electrons. The second-order valence-electron chi connectivity index (χ2n) is 4.08. The maximum Gasteiger partial charge on any atom is 0.387 e. The van der Waals surface area contributed by atoms with Crippen molar-refractivity contribution in [2.45, 2.75) is 6.61 Å². The number of ether oxygens (including phenoxy) is 1. The number of benzene rings is 1. The first-order valence-electron chi connectivity index (χ1n) is 5.71. The van der Waals surface area contributed by atoms with Crippen molar-refractivity contribution >= 4 is 28.9 Å². The molecule has 0 fully saturated rings. The summed E-state index contributed by atoms with van der Waals surface area (Å²) in [6.07, 6.45) is 1.49. The fourth-order valence-electron chi connectivity index (χ4n) is 1.64. The van der Waals surface area contributed by atoms with Gasteiger partial charge in [-0.15, -0.1) is 0 Å². The van der Waals surface area contributed by atoms with E-state index in [2.05, 4.69) is 15.2 Å². The highest BCUT2D eigenvalue weighted by molar-refractivity contribution is 6.32. The quantitative estimate of drug-likeness (QED) is 0.908. The highest BCUT2D eigenvalue weighted by Crippen LogP contribution is 2.29. The number of nitrogen functional groups attached to an aromatic ring is 1. The molecule has 1 heterocycles. The van der Waals surface area contributed by atoms with E-state index in [-0.39, 0.29) is 22.2 Å². The number of aryl methyl sites for hydroxylation is 1. The molecule has 0 aliphatic heterocycles. The van der Waals surface area contributed by atoms with Gasteiger partial charge in [0.2, 0.25) is 0 Å². The number of nitrogens with zero attached hydrogens (tertiary/aromatic N) is 2. The Kier molecular flexibility index (Phi) is 4.27. The van der Waals surface area contributed by atoms with Crippen LogP contribution in [0.25, 0.3) is 0 Å². The Hall–Kier alpha value is -2.35. The van der Waals surface area contributed by atoms with E-state index in [1.807, 2.05) is 0 Å². The van der Waals surface area contributed by atoms with Gasteiger partial charge in [0.15, 0.2) is 5.69 Å². The number of alkyl halides is 2. The van der Waals surface area contributed by atoms with Gasteiger partial charge in [0.05, 0.1) is 10.7 Å². The highest BCUT2D eigenvalue weighted by Gasteiger charge is 2.15. The average molecular weight is 317 g/mol. The standard InChI is InChI=1S/C12H11ClF2N4O2/c1-19-5-8(16)10(18-19)11(20)17-6-2-3-9(7(13)4-6)21-12(14)15/h2-5,12H,16H2,1H3,(H,17,20). The fraction of sp³-hybridized carbons (Fsp3) is 0.167.